The predicted octanol–water partition coefficient (Wildman–Crippen LogP) is 3.23. The fourth-order valence-corrected chi connectivity index (χ4v) is 2.59. The second kappa shape index (κ2) is 8.34. The average Bonchev–Trinajstić information content (AvgIpc) is 3.18. The van der Waals surface area contributed by atoms with Gasteiger partial charge in [0, 0.05) is 18.9 Å². The summed E-state index contributed by atoms with van der Waals surface area (Å²) in [7, 11) is 0. The number of hydrogen-bond acceptors (Lipinski definition) is 3. The lowest BCUT2D eigenvalue weighted by atomic mass is 10.1. The van der Waals surface area contributed by atoms with E-state index in [4.69, 9.17) is 4.74 Å². The number of nitrogens with one attached hydrogen (secondary N) is 1. The predicted molar refractivity (Wildman–Crippen MR) is 102 cm³/mol. The van der Waals surface area contributed by atoms with Gasteiger partial charge in [-0.15, -0.1) is 0 Å². The smallest absolute Gasteiger partial charge is 0.257 e. The van der Waals surface area contributed by atoms with E-state index in [0.717, 1.165) is 29.0 Å². The lowest BCUT2D eigenvalue weighted by Crippen LogP contribution is -2.30. The van der Waals surface area contributed by atoms with Crippen molar-refractivity contribution in [1.82, 2.24) is 15.1 Å². The number of aromatic nitrogens is 2. The van der Waals surface area contributed by atoms with Gasteiger partial charge in [-0.25, -0.2) is 4.68 Å². The molecule has 0 spiro atoms. The summed E-state index contributed by atoms with van der Waals surface area (Å²) < 4.78 is 7.36. The molecule has 0 aliphatic rings. The average molecular weight is 349 g/mol. The van der Waals surface area contributed by atoms with Gasteiger partial charge < -0.3 is 10.1 Å². The van der Waals surface area contributed by atoms with Gasteiger partial charge in [-0.05, 0) is 67.3 Å². The first-order valence-corrected chi connectivity index (χ1v) is 8.67. The normalized spacial score (nSPS) is 10.5. The van der Waals surface area contributed by atoms with Crippen molar-refractivity contribution >= 4 is 5.91 Å². The van der Waals surface area contributed by atoms with Crippen molar-refractivity contribution in [3.63, 3.8) is 0 Å². The second-order valence-corrected chi connectivity index (χ2v) is 6.25. The van der Waals surface area contributed by atoms with Crippen LogP contribution in [0, 0.1) is 13.8 Å². The highest BCUT2D eigenvalue weighted by Crippen LogP contribution is 2.16. The van der Waals surface area contributed by atoms with E-state index in [9.17, 15) is 4.79 Å². The standard InChI is InChI=1S/C21H23N3O2/c1-16-4-9-20(14-17(16)2)26-15-21(25)22-12-10-18-5-7-19(8-6-18)24-13-3-11-23-24/h3-9,11,13-14H,10,12,15H2,1-2H3,(H,22,25). The fraction of sp³-hybridized carbons (Fsp3) is 0.238. The largest absolute Gasteiger partial charge is 0.484 e. The molecule has 0 saturated carbocycles. The number of hydrogen-bond donors (Lipinski definition) is 1. The first-order chi connectivity index (χ1) is 12.6. The summed E-state index contributed by atoms with van der Waals surface area (Å²) in [6, 6.07) is 15.9. The number of aryl methyl sites for hydroxylation is 2. The molecule has 1 amide bonds. The Balaban J connectivity index is 1.41. The molecule has 1 aromatic heterocycles. The van der Waals surface area contributed by atoms with Crippen LogP contribution in [0.5, 0.6) is 5.75 Å². The van der Waals surface area contributed by atoms with Crippen LogP contribution >= 0.6 is 0 Å². The summed E-state index contributed by atoms with van der Waals surface area (Å²) in [5.41, 5.74) is 4.54. The highest BCUT2D eigenvalue weighted by molar-refractivity contribution is 5.77. The lowest BCUT2D eigenvalue weighted by Gasteiger charge is -2.09. The molecule has 0 aliphatic heterocycles. The summed E-state index contributed by atoms with van der Waals surface area (Å²) in [5.74, 6) is 0.605. The van der Waals surface area contributed by atoms with Crippen molar-refractivity contribution in [2.24, 2.45) is 0 Å². The van der Waals surface area contributed by atoms with Crippen LogP contribution in [-0.2, 0) is 11.2 Å². The molecule has 1 heterocycles. The summed E-state index contributed by atoms with van der Waals surface area (Å²) >= 11 is 0. The molecule has 0 bridgehead atoms. The van der Waals surface area contributed by atoms with Crippen LogP contribution in [-0.4, -0.2) is 28.8 Å². The van der Waals surface area contributed by atoms with Crippen molar-refractivity contribution in [3.05, 3.63) is 77.6 Å². The summed E-state index contributed by atoms with van der Waals surface area (Å²) in [6.07, 6.45) is 4.43. The van der Waals surface area contributed by atoms with Crippen molar-refractivity contribution in [1.29, 1.82) is 0 Å². The maximum Gasteiger partial charge on any atom is 0.257 e. The number of nitrogens with zero attached hydrogens (tertiary/aromatic N) is 2. The molecule has 5 heteroatoms. The van der Waals surface area contributed by atoms with E-state index in [1.807, 2.05) is 61.1 Å². The molecule has 3 aromatic rings. The van der Waals surface area contributed by atoms with Crippen LogP contribution in [0.3, 0.4) is 0 Å². The number of benzene rings is 2. The van der Waals surface area contributed by atoms with E-state index < -0.39 is 0 Å². The molecule has 3 rings (SSSR count). The van der Waals surface area contributed by atoms with Gasteiger partial charge in [-0.1, -0.05) is 18.2 Å². The molecule has 0 unspecified atom stereocenters. The Hall–Kier alpha value is -3.08. The lowest BCUT2D eigenvalue weighted by molar-refractivity contribution is -0.123. The minimum atomic E-state index is -0.114. The zero-order valence-electron chi connectivity index (χ0n) is 15.1. The zero-order chi connectivity index (χ0) is 18.4. The molecule has 0 radical (unpaired) electrons. The van der Waals surface area contributed by atoms with Gasteiger partial charge in [0.05, 0.1) is 5.69 Å². The van der Waals surface area contributed by atoms with Crippen molar-refractivity contribution in [2.45, 2.75) is 20.3 Å². The van der Waals surface area contributed by atoms with Gasteiger partial charge >= 0.3 is 0 Å². The quantitative estimate of drug-likeness (QED) is 0.712. The SMILES string of the molecule is Cc1ccc(OCC(=O)NCCc2ccc(-n3cccn3)cc2)cc1C. The molecule has 26 heavy (non-hydrogen) atoms. The van der Waals surface area contributed by atoms with Crippen LogP contribution in [0.1, 0.15) is 16.7 Å². The number of ether oxygens (including phenoxy) is 1. The molecular weight excluding hydrogens is 326 g/mol. The Morgan fingerprint density at radius 1 is 1.12 bits per heavy atom. The Kier molecular flexibility index (Phi) is 5.69. The molecule has 2 aromatic carbocycles. The van der Waals surface area contributed by atoms with Gasteiger partial charge in [-0.2, -0.15) is 5.10 Å². The van der Waals surface area contributed by atoms with Gasteiger partial charge in [0.1, 0.15) is 5.75 Å². The van der Waals surface area contributed by atoms with Crippen LogP contribution in [0.25, 0.3) is 5.69 Å². The van der Waals surface area contributed by atoms with E-state index in [2.05, 4.69) is 22.5 Å². The Morgan fingerprint density at radius 2 is 1.92 bits per heavy atom. The first kappa shape index (κ1) is 17.7. The van der Waals surface area contributed by atoms with Crippen LogP contribution in [0.2, 0.25) is 0 Å². The van der Waals surface area contributed by atoms with Gasteiger partial charge in [0.2, 0.25) is 0 Å². The zero-order valence-corrected chi connectivity index (χ0v) is 15.1. The minimum absolute atomic E-state index is 0.0285. The maximum atomic E-state index is 11.9. The van der Waals surface area contributed by atoms with Gasteiger partial charge in [0.25, 0.3) is 5.91 Å². The third-order valence-corrected chi connectivity index (χ3v) is 4.29. The number of carbonyl (C=O) groups is 1. The monoisotopic (exact) mass is 349 g/mol. The molecule has 5 nitrogen and oxygen atoms in total. The molecule has 0 aliphatic carbocycles. The molecule has 0 fully saturated rings. The second-order valence-electron chi connectivity index (χ2n) is 6.25. The molecule has 0 atom stereocenters. The van der Waals surface area contributed by atoms with E-state index in [0.29, 0.717) is 6.54 Å². The maximum absolute atomic E-state index is 11.9. The molecular formula is C21H23N3O2. The minimum Gasteiger partial charge on any atom is -0.484 e. The Bertz CT molecular complexity index is 855. The Labute approximate surface area is 153 Å². The molecule has 1 N–H and O–H groups in total. The van der Waals surface area contributed by atoms with Crippen molar-refractivity contribution in [3.8, 4) is 11.4 Å². The number of amides is 1. The van der Waals surface area contributed by atoms with Gasteiger partial charge in [0.15, 0.2) is 6.61 Å². The fourth-order valence-electron chi connectivity index (χ4n) is 2.59. The van der Waals surface area contributed by atoms with E-state index in [1.165, 1.54) is 5.56 Å². The van der Waals surface area contributed by atoms with Crippen molar-refractivity contribution in [2.75, 3.05) is 13.2 Å². The first-order valence-electron chi connectivity index (χ1n) is 8.67. The number of rotatable bonds is 7. The number of carbonyl (C=O) groups excluding carboxylic acids is 1. The van der Waals surface area contributed by atoms with Crippen LogP contribution in [0.15, 0.2) is 60.9 Å². The topological polar surface area (TPSA) is 56.1 Å². The van der Waals surface area contributed by atoms with Crippen LogP contribution in [0.4, 0.5) is 0 Å². The third kappa shape index (κ3) is 4.72. The summed E-state index contributed by atoms with van der Waals surface area (Å²) in [4.78, 5) is 11.9. The van der Waals surface area contributed by atoms with E-state index in [-0.39, 0.29) is 12.5 Å². The highest BCUT2D eigenvalue weighted by atomic mass is 16.5. The van der Waals surface area contributed by atoms with Crippen molar-refractivity contribution < 1.29 is 9.53 Å². The molecule has 134 valence electrons. The molecule has 0 saturated heterocycles. The third-order valence-electron chi connectivity index (χ3n) is 4.29. The van der Waals surface area contributed by atoms with E-state index >= 15 is 0 Å². The van der Waals surface area contributed by atoms with Gasteiger partial charge in [-0.3, -0.25) is 4.79 Å². The highest BCUT2D eigenvalue weighted by Gasteiger charge is 2.04. The summed E-state index contributed by atoms with van der Waals surface area (Å²) in [6.45, 7) is 4.68. The van der Waals surface area contributed by atoms with E-state index in [1.54, 1.807) is 6.20 Å². The summed E-state index contributed by atoms with van der Waals surface area (Å²) in [5, 5.41) is 7.09. The Morgan fingerprint density at radius 3 is 2.62 bits per heavy atom. The van der Waals surface area contributed by atoms with Crippen LogP contribution < -0.4 is 10.1 Å².